The first kappa shape index (κ1) is 11.2. The van der Waals surface area contributed by atoms with E-state index in [1.54, 1.807) is 0 Å². The van der Waals surface area contributed by atoms with Gasteiger partial charge in [0.15, 0.2) is 0 Å². The lowest BCUT2D eigenvalue weighted by atomic mass is 10.2. The normalized spacial score (nSPS) is 17.5. The molecule has 0 aromatic heterocycles. The fourth-order valence-electron chi connectivity index (χ4n) is 2.10. The van der Waals surface area contributed by atoms with Gasteiger partial charge in [0.25, 0.3) is 0 Å². The maximum absolute atomic E-state index is 10.5. The standard InChI is InChI=1S/C11H19NO2/c1-2-8-12(9-7-11(13)14)10-5-3-4-6-10/h2,10H,1,3-9H2,(H,13,14). The Balaban J connectivity index is 2.36. The molecule has 0 saturated heterocycles. The molecule has 0 aromatic rings. The summed E-state index contributed by atoms with van der Waals surface area (Å²) in [6.07, 6.45) is 7.10. The zero-order chi connectivity index (χ0) is 10.4. The number of hydrogen-bond acceptors (Lipinski definition) is 2. The molecule has 1 fully saturated rings. The van der Waals surface area contributed by atoms with Crippen molar-refractivity contribution in [3.8, 4) is 0 Å². The van der Waals surface area contributed by atoms with Crippen molar-refractivity contribution in [1.29, 1.82) is 0 Å². The van der Waals surface area contributed by atoms with Crippen LogP contribution in [0.1, 0.15) is 32.1 Å². The van der Waals surface area contributed by atoms with Gasteiger partial charge in [-0.3, -0.25) is 9.69 Å². The van der Waals surface area contributed by atoms with Crippen molar-refractivity contribution in [2.45, 2.75) is 38.1 Å². The molecular weight excluding hydrogens is 178 g/mol. The lowest BCUT2D eigenvalue weighted by Gasteiger charge is -2.26. The maximum atomic E-state index is 10.5. The molecule has 0 atom stereocenters. The van der Waals surface area contributed by atoms with E-state index in [0.717, 1.165) is 6.54 Å². The van der Waals surface area contributed by atoms with Gasteiger partial charge in [0, 0.05) is 19.1 Å². The molecule has 0 radical (unpaired) electrons. The van der Waals surface area contributed by atoms with Gasteiger partial charge >= 0.3 is 5.97 Å². The molecule has 14 heavy (non-hydrogen) atoms. The van der Waals surface area contributed by atoms with Gasteiger partial charge in [0.05, 0.1) is 6.42 Å². The third-order valence-electron chi connectivity index (χ3n) is 2.82. The average Bonchev–Trinajstić information content (AvgIpc) is 2.64. The second-order valence-electron chi connectivity index (χ2n) is 3.87. The third-order valence-corrected chi connectivity index (χ3v) is 2.82. The smallest absolute Gasteiger partial charge is 0.304 e. The van der Waals surface area contributed by atoms with E-state index in [4.69, 9.17) is 5.11 Å². The molecule has 0 amide bonds. The molecule has 1 aliphatic rings. The summed E-state index contributed by atoms with van der Waals surface area (Å²) in [6.45, 7) is 5.19. The van der Waals surface area contributed by atoms with Gasteiger partial charge in [-0.25, -0.2) is 0 Å². The van der Waals surface area contributed by atoms with Crippen molar-refractivity contribution in [3.63, 3.8) is 0 Å². The first-order valence-corrected chi connectivity index (χ1v) is 5.30. The summed E-state index contributed by atoms with van der Waals surface area (Å²) in [7, 11) is 0. The molecule has 0 unspecified atom stereocenters. The second kappa shape index (κ2) is 5.81. The van der Waals surface area contributed by atoms with Crippen LogP contribution in [0.15, 0.2) is 12.7 Å². The number of rotatable bonds is 6. The van der Waals surface area contributed by atoms with Gasteiger partial charge in [-0.05, 0) is 12.8 Å². The predicted molar refractivity (Wildman–Crippen MR) is 56.3 cm³/mol. The van der Waals surface area contributed by atoms with E-state index >= 15 is 0 Å². The van der Waals surface area contributed by atoms with Crippen LogP contribution in [0.4, 0.5) is 0 Å². The van der Waals surface area contributed by atoms with Crippen molar-refractivity contribution in [3.05, 3.63) is 12.7 Å². The Hall–Kier alpha value is -0.830. The van der Waals surface area contributed by atoms with Crippen LogP contribution in [0, 0.1) is 0 Å². The lowest BCUT2D eigenvalue weighted by Crippen LogP contribution is -2.35. The van der Waals surface area contributed by atoms with E-state index in [-0.39, 0.29) is 6.42 Å². The van der Waals surface area contributed by atoms with E-state index in [0.29, 0.717) is 12.6 Å². The summed E-state index contributed by atoms with van der Waals surface area (Å²) in [4.78, 5) is 12.7. The number of nitrogens with zero attached hydrogens (tertiary/aromatic N) is 1. The summed E-state index contributed by atoms with van der Waals surface area (Å²) >= 11 is 0. The fraction of sp³-hybridized carbons (Fsp3) is 0.727. The largest absolute Gasteiger partial charge is 0.481 e. The Morgan fingerprint density at radius 3 is 2.64 bits per heavy atom. The quantitative estimate of drug-likeness (QED) is 0.661. The van der Waals surface area contributed by atoms with Crippen molar-refractivity contribution in [1.82, 2.24) is 4.90 Å². The molecule has 0 aromatic carbocycles. The molecule has 0 bridgehead atoms. The van der Waals surface area contributed by atoms with E-state index in [1.807, 2.05) is 6.08 Å². The molecule has 0 aliphatic heterocycles. The third kappa shape index (κ3) is 3.50. The van der Waals surface area contributed by atoms with Gasteiger partial charge in [-0.15, -0.1) is 6.58 Å². The van der Waals surface area contributed by atoms with Crippen LogP contribution in [0.3, 0.4) is 0 Å². The summed E-state index contributed by atoms with van der Waals surface area (Å²) in [6, 6.07) is 0.590. The van der Waals surface area contributed by atoms with E-state index in [1.165, 1.54) is 25.7 Å². The van der Waals surface area contributed by atoms with Crippen molar-refractivity contribution < 1.29 is 9.90 Å². The average molecular weight is 197 g/mol. The van der Waals surface area contributed by atoms with E-state index < -0.39 is 5.97 Å². The number of carboxylic acid groups (broad SMARTS) is 1. The highest BCUT2D eigenvalue weighted by Gasteiger charge is 2.21. The van der Waals surface area contributed by atoms with Crippen LogP contribution in [0.5, 0.6) is 0 Å². The number of aliphatic carboxylic acids is 1. The van der Waals surface area contributed by atoms with Gasteiger partial charge in [0.2, 0.25) is 0 Å². The Bertz CT molecular complexity index is 197. The highest BCUT2D eigenvalue weighted by atomic mass is 16.4. The molecule has 0 spiro atoms. The minimum Gasteiger partial charge on any atom is -0.481 e. The van der Waals surface area contributed by atoms with Crippen molar-refractivity contribution in [2.75, 3.05) is 13.1 Å². The van der Waals surface area contributed by atoms with Gasteiger partial charge in [-0.1, -0.05) is 18.9 Å². The molecule has 80 valence electrons. The van der Waals surface area contributed by atoms with Crippen LogP contribution in [0.2, 0.25) is 0 Å². The molecule has 1 saturated carbocycles. The van der Waals surface area contributed by atoms with E-state index in [2.05, 4.69) is 11.5 Å². The maximum Gasteiger partial charge on any atom is 0.304 e. The number of carbonyl (C=O) groups is 1. The fourth-order valence-corrected chi connectivity index (χ4v) is 2.10. The van der Waals surface area contributed by atoms with Crippen LogP contribution < -0.4 is 0 Å². The Morgan fingerprint density at radius 2 is 2.14 bits per heavy atom. The Morgan fingerprint density at radius 1 is 1.50 bits per heavy atom. The van der Waals surface area contributed by atoms with Gasteiger partial charge < -0.3 is 5.11 Å². The molecular formula is C11H19NO2. The molecule has 3 heteroatoms. The lowest BCUT2D eigenvalue weighted by molar-refractivity contribution is -0.137. The van der Waals surface area contributed by atoms with E-state index in [9.17, 15) is 4.79 Å². The Kier molecular flexibility index (Phi) is 4.66. The first-order chi connectivity index (χ1) is 6.74. The van der Waals surface area contributed by atoms with Crippen LogP contribution in [-0.4, -0.2) is 35.1 Å². The molecule has 1 aliphatic carbocycles. The number of carboxylic acids is 1. The summed E-state index contributed by atoms with van der Waals surface area (Å²) in [5.74, 6) is -0.711. The SMILES string of the molecule is C=CCN(CCC(=O)O)C1CCCC1. The molecule has 3 nitrogen and oxygen atoms in total. The summed E-state index contributed by atoms with van der Waals surface area (Å²) in [5, 5.41) is 8.62. The monoisotopic (exact) mass is 197 g/mol. The van der Waals surface area contributed by atoms with Crippen LogP contribution in [0.25, 0.3) is 0 Å². The predicted octanol–water partition coefficient (Wildman–Crippen LogP) is 1.89. The molecule has 0 heterocycles. The highest BCUT2D eigenvalue weighted by molar-refractivity contribution is 5.66. The summed E-state index contributed by atoms with van der Waals surface area (Å²) in [5.41, 5.74) is 0. The molecule has 1 N–H and O–H groups in total. The zero-order valence-electron chi connectivity index (χ0n) is 8.61. The van der Waals surface area contributed by atoms with Crippen LogP contribution >= 0.6 is 0 Å². The van der Waals surface area contributed by atoms with Gasteiger partial charge in [-0.2, -0.15) is 0 Å². The second-order valence-corrected chi connectivity index (χ2v) is 3.87. The highest BCUT2D eigenvalue weighted by Crippen LogP contribution is 2.23. The molecule has 1 rings (SSSR count). The minimum atomic E-state index is -0.711. The van der Waals surface area contributed by atoms with Gasteiger partial charge in [0.1, 0.15) is 0 Å². The Labute approximate surface area is 85.4 Å². The minimum absolute atomic E-state index is 0.240. The number of hydrogen-bond donors (Lipinski definition) is 1. The van der Waals surface area contributed by atoms with Crippen molar-refractivity contribution >= 4 is 5.97 Å². The van der Waals surface area contributed by atoms with Crippen molar-refractivity contribution in [2.24, 2.45) is 0 Å². The van der Waals surface area contributed by atoms with Crippen LogP contribution in [-0.2, 0) is 4.79 Å². The first-order valence-electron chi connectivity index (χ1n) is 5.30. The zero-order valence-corrected chi connectivity index (χ0v) is 8.61. The summed E-state index contributed by atoms with van der Waals surface area (Å²) < 4.78 is 0. The topological polar surface area (TPSA) is 40.5 Å².